The summed E-state index contributed by atoms with van der Waals surface area (Å²) in [5.41, 5.74) is 1.97. The number of benzene rings is 3. The Labute approximate surface area is 171 Å². The van der Waals surface area contributed by atoms with Crippen LogP contribution in [0.15, 0.2) is 72.5 Å². The predicted molar refractivity (Wildman–Crippen MR) is 108 cm³/mol. The molecular weight excluding hydrogens is 394 g/mol. The number of ketones is 1. The summed E-state index contributed by atoms with van der Waals surface area (Å²) < 4.78 is 11.5. The van der Waals surface area contributed by atoms with Crippen LogP contribution >= 0.6 is 11.6 Å². The Morgan fingerprint density at radius 1 is 1.07 bits per heavy atom. The van der Waals surface area contributed by atoms with Crippen molar-refractivity contribution in [3.05, 3.63) is 104 Å². The fraction of sp³-hybridized carbons (Fsp3) is 0.0455. The van der Waals surface area contributed by atoms with Crippen molar-refractivity contribution in [1.82, 2.24) is 0 Å². The number of Topliss-reactive ketones (excluding diaryl/α,β-unsaturated/α-hetero) is 1. The average molecular weight is 408 g/mol. The standard InChI is InChI=1S/C22H14ClNO5/c23-16-3-1-2-15(10-16)13-28-18-8-9-19-20(12-18)29-21(22(19)25)11-14-4-6-17(7-5-14)24(26)27/h1-12H,13H2/b21-11-. The van der Waals surface area contributed by atoms with E-state index in [1.807, 2.05) is 18.2 Å². The van der Waals surface area contributed by atoms with E-state index in [9.17, 15) is 14.9 Å². The first-order valence-corrected chi connectivity index (χ1v) is 9.07. The van der Waals surface area contributed by atoms with E-state index in [0.29, 0.717) is 34.3 Å². The number of nitrogens with zero attached hydrogens (tertiary/aromatic N) is 1. The number of non-ortho nitro benzene ring substituents is 1. The number of carbonyl (C=O) groups is 1. The van der Waals surface area contributed by atoms with Crippen LogP contribution in [-0.4, -0.2) is 10.7 Å². The fourth-order valence-electron chi connectivity index (χ4n) is 2.89. The molecule has 1 aliphatic rings. The maximum atomic E-state index is 12.5. The average Bonchev–Trinajstić information content (AvgIpc) is 3.02. The van der Waals surface area contributed by atoms with Crippen molar-refractivity contribution >= 4 is 29.1 Å². The quantitative estimate of drug-likeness (QED) is 0.319. The zero-order chi connectivity index (χ0) is 20.4. The van der Waals surface area contributed by atoms with Crippen molar-refractivity contribution in [1.29, 1.82) is 0 Å². The van der Waals surface area contributed by atoms with Crippen molar-refractivity contribution in [2.45, 2.75) is 6.61 Å². The van der Waals surface area contributed by atoms with Crippen molar-refractivity contribution in [2.24, 2.45) is 0 Å². The van der Waals surface area contributed by atoms with E-state index in [0.717, 1.165) is 5.56 Å². The number of hydrogen-bond donors (Lipinski definition) is 0. The monoisotopic (exact) mass is 407 g/mol. The van der Waals surface area contributed by atoms with Crippen LogP contribution in [-0.2, 0) is 6.61 Å². The van der Waals surface area contributed by atoms with E-state index < -0.39 is 4.92 Å². The Morgan fingerprint density at radius 2 is 1.86 bits per heavy atom. The van der Waals surface area contributed by atoms with Crippen LogP contribution in [0, 0.1) is 10.1 Å². The molecule has 0 fully saturated rings. The molecule has 0 amide bonds. The lowest BCUT2D eigenvalue weighted by atomic mass is 10.1. The van der Waals surface area contributed by atoms with E-state index in [4.69, 9.17) is 21.1 Å². The third kappa shape index (κ3) is 4.12. The van der Waals surface area contributed by atoms with Gasteiger partial charge in [-0.3, -0.25) is 14.9 Å². The van der Waals surface area contributed by atoms with Gasteiger partial charge in [0, 0.05) is 23.2 Å². The van der Waals surface area contributed by atoms with E-state index in [2.05, 4.69) is 0 Å². The van der Waals surface area contributed by atoms with Gasteiger partial charge in [-0.05, 0) is 53.6 Å². The molecule has 144 valence electrons. The smallest absolute Gasteiger partial charge is 0.269 e. The van der Waals surface area contributed by atoms with E-state index in [1.54, 1.807) is 42.5 Å². The number of allylic oxidation sites excluding steroid dienone is 1. The van der Waals surface area contributed by atoms with Crippen molar-refractivity contribution in [3.8, 4) is 11.5 Å². The number of hydrogen-bond acceptors (Lipinski definition) is 5. The van der Waals surface area contributed by atoms with Crippen LogP contribution in [0.1, 0.15) is 21.5 Å². The van der Waals surface area contributed by atoms with Gasteiger partial charge in [0.2, 0.25) is 5.78 Å². The molecule has 4 rings (SSSR count). The summed E-state index contributed by atoms with van der Waals surface area (Å²) in [5.74, 6) is 0.875. The summed E-state index contributed by atoms with van der Waals surface area (Å²) in [4.78, 5) is 22.8. The highest BCUT2D eigenvalue weighted by molar-refractivity contribution is 6.30. The van der Waals surface area contributed by atoms with Gasteiger partial charge in [-0.25, -0.2) is 0 Å². The van der Waals surface area contributed by atoms with Crippen LogP contribution in [0.5, 0.6) is 11.5 Å². The maximum Gasteiger partial charge on any atom is 0.269 e. The van der Waals surface area contributed by atoms with Gasteiger partial charge in [0.05, 0.1) is 10.5 Å². The highest BCUT2D eigenvalue weighted by Gasteiger charge is 2.27. The lowest BCUT2D eigenvalue weighted by Crippen LogP contribution is -1.98. The molecule has 0 unspecified atom stereocenters. The largest absolute Gasteiger partial charge is 0.489 e. The van der Waals surface area contributed by atoms with Crippen LogP contribution in [0.25, 0.3) is 6.08 Å². The predicted octanol–water partition coefficient (Wildman–Crippen LogP) is 5.44. The molecule has 7 heteroatoms. The van der Waals surface area contributed by atoms with Gasteiger partial charge in [-0.2, -0.15) is 0 Å². The van der Waals surface area contributed by atoms with Crippen LogP contribution < -0.4 is 9.47 Å². The summed E-state index contributed by atoms with van der Waals surface area (Å²) in [7, 11) is 0. The molecule has 3 aromatic carbocycles. The van der Waals surface area contributed by atoms with Crippen molar-refractivity contribution in [2.75, 3.05) is 0 Å². The molecule has 0 spiro atoms. The molecular formula is C22H14ClNO5. The number of halogens is 1. The Kier molecular flexibility index (Phi) is 5.01. The first-order chi connectivity index (χ1) is 14.0. The van der Waals surface area contributed by atoms with Crippen LogP contribution in [0.3, 0.4) is 0 Å². The Bertz CT molecular complexity index is 1140. The van der Waals surface area contributed by atoms with E-state index in [-0.39, 0.29) is 17.2 Å². The van der Waals surface area contributed by atoms with Gasteiger partial charge < -0.3 is 9.47 Å². The van der Waals surface area contributed by atoms with Gasteiger partial charge in [-0.15, -0.1) is 0 Å². The van der Waals surface area contributed by atoms with Gasteiger partial charge in [0.15, 0.2) is 5.76 Å². The molecule has 1 heterocycles. The molecule has 29 heavy (non-hydrogen) atoms. The number of carbonyl (C=O) groups excluding carboxylic acids is 1. The van der Waals surface area contributed by atoms with Gasteiger partial charge >= 0.3 is 0 Å². The van der Waals surface area contributed by atoms with E-state index in [1.165, 1.54) is 12.1 Å². The maximum absolute atomic E-state index is 12.5. The highest BCUT2D eigenvalue weighted by Crippen LogP contribution is 2.35. The summed E-state index contributed by atoms with van der Waals surface area (Å²) in [6.07, 6.45) is 1.55. The summed E-state index contributed by atoms with van der Waals surface area (Å²) >= 11 is 5.97. The van der Waals surface area contributed by atoms with E-state index >= 15 is 0 Å². The molecule has 0 aromatic heterocycles. The van der Waals surface area contributed by atoms with Gasteiger partial charge in [-0.1, -0.05) is 23.7 Å². The number of rotatable bonds is 5. The number of fused-ring (bicyclic) bond motifs is 1. The molecule has 0 saturated carbocycles. The second-order valence-corrected chi connectivity index (χ2v) is 6.80. The molecule has 0 N–H and O–H groups in total. The molecule has 3 aromatic rings. The lowest BCUT2D eigenvalue weighted by Gasteiger charge is -2.07. The Hall–Kier alpha value is -3.64. The second-order valence-electron chi connectivity index (χ2n) is 6.36. The van der Waals surface area contributed by atoms with Crippen LogP contribution in [0.4, 0.5) is 5.69 Å². The molecule has 6 nitrogen and oxygen atoms in total. The zero-order valence-corrected chi connectivity index (χ0v) is 15.8. The minimum atomic E-state index is -0.477. The summed E-state index contributed by atoms with van der Waals surface area (Å²) in [5, 5.41) is 11.4. The van der Waals surface area contributed by atoms with Crippen molar-refractivity contribution < 1.29 is 19.2 Å². The topological polar surface area (TPSA) is 78.7 Å². The zero-order valence-electron chi connectivity index (χ0n) is 15.0. The lowest BCUT2D eigenvalue weighted by molar-refractivity contribution is -0.384. The number of nitro benzene ring substituents is 1. The fourth-order valence-corrected chi connectivity index (χ4v) is 3.11. The number of nitro groups is 1. The van der Waals surface area contributed by atoms with Crippen LogP contribution in [0.2, 0.25) is 5.02 Å². The Balaban J connectivity index is 1.50. The molecule has 0 aliphatic carbocycles. The number of ether oxygens (including phenoxy) is 2. The second kappa shape index (κ2) is 7.77. The first-order valence-electron chi connectivity index (χ1n) is 8.69. The van der Waals surface area contributed by atoms with Gasteiger partial charge in [0.25, 0.3) is 5.69 Å². The highest BCUT2D eigenvalue weighted by atomic mass is 35.5. The molecule has 0 saturated heterocycles. The third-order valence-electron chi connectivity index (χ3n) is 4.34. The molecule has 0 bridgehead atoms. The first kappa shape index (κ1) is 18.7. The normalized spacial score (nSPS) is 13.8. The minimum absolute atomic E-state index is 0.0180. The molecule has 0 atom stereocenters. The Morgan fingerprint density at radius 3 is 2.59 bits per heavy atom. The minimum Gasteiger partial charge on any atom is -0.489 e. The van der Waals surface area contributed by atoms with Gasteiger partial charge in [0.1, 0.15) is 18.1 Å². The SMILES string of the molecule is O=C1/C(=C/c2ccc([N+](=O)[O-])cc2)Oc2cc(OCc3cccc(Cl)c3)ccc21. The summed E-state index contributed by atoms with van der Waals surface area (Å²) in [6, 6.07) is 18.3. The summed E-state index contributed by atoms with van der Waals surface area (Å²) in [6.45, 7) is 0.332. The molecule has 0 radical (unpaired) electrons. The molecule has 1 aliphatic heterocycles. The van der Waals surface area contributed by atoms with Crippen molar-refractivity contribution in [3.63, 3.8) is 0 Å². The third-order valence-corrected chi connectivity index (χ3v) is 4.57.